The Bertz CT molecular complexity index is 775. The molecule has 0 fully saturated rings. The van der Waals surface area contributed by atoms with Crippen LogP contribution in [0.1, 0.15) is 15.9 Å². The maximum atomic E-state index is 12.6. The zero-order valence-corrected chi connectivity index (χ0v) is 15.7. The van der Waals surface area contributed by atoms with E-state index in [-0.39, 0.29) is 11.4 Å². The molecule has 0 saturated heterocycles. The van der Waals surface area contributed by atoms with Crippen molar-refractivity contribution in [2.75, 3.05) is 29.7 Å². The van der Waals surface area contributed by atoms with E-state index in [4.69, 9.17) is 27.9 Å². The number of alkyl halides is 2. The Hall–Kier alpha value is -2.31. The molecule has 0 bridgehead atoms. The maximum absolute atomic E-state index is 12.6. The van der Waals surface area contributed by atoms with Crippen LogP contribution in [-0.2, 0) is 0 Å². The molecule has 0 aliphatic carbocycles. The Morgan fingerprint density at radius 3 is 2.27 bits per heavy atom. The van der Waals surface area contributed by atoms with Crippen LogP contribution in [-0.4, -0.2) is 35.7 Å². The number of nitrogens with zero attached hydrogens (tertiary/aromatic N) is 2. The average Bonchev–Trinajstić information content (AvgIpc) is 2.61. The molecule has 0 aromatic heterocycles. The Morgan fingerprint density at radius 2 is 1.73 bits per heavy atom. The van der Waals surface area contributed by atoms with Gasteiger partial charge in [0.05, 0.1) is 16.2 Å². The number of nitro groups is 1. The number of nitro benzene ring substituents is 1. The van der Waals surface area contributed by atoms with Crippen molar-refractivity contribution >= 4 is 40.5 Å². The number of rotatable bonds is 8. The van der Waals surface area contributed by atoms with Crippen LogP contribution in [0.2, 0.25) is 0 Å². The molecule has 26 heavy (non-hydrogen) atoms. The number of carbonyl (C=O) groups excluding carboxylic acids is 1. The molecule has 0 radical (unpaired) electrons. The average molecular weight is 397 g/mol. The van der Waals surface area contributed by atoms with Crippen LogP contribution in [0.5, 0.6) is 5.75 Å². The number of benzene rings is 2. The summed E-state index contributed by atoms with van der Waals surface area (Å²) in [5.41, 5.74) is 1.99. The number of non-ortho nitro benzene ring substituents is 1. The van der Waals surface area contributed by atoms with E-state index in [1.54, 1.807) is 6.07 Å². The molecule has 8 heteroatoms. The van der Waals surface area contributed by atoms with Crippen LogP contribution in [0.4, 0.5) is 11.4 Å². The summed E-state index contributed by atoms with van der Waals surface area (Å²) in [6.45, 7) is 3.00. The molecule has 0 unspecified atom stereocenters. The quantitative estimate of drug-likeness (QED) is 0.217. The zero-order valence-electron chi connectivity index (χ0n) is 14.2. The van der Waals surface area contributed by atoms with Crippen molar-refractivity contribution in [3.8, 4) is 5.75 Å². The highest BCUT2D eigenvalue weighted by molar-refractivity contribution is 6.18. The van der Waals surface area contributed by atoms with Crippen LogP contribution < -0.4 is 9.64 Å². The van der Waals surface area contributed by atoms with Gasteiger partial charge in [-0.1, -0.05) is 6.07 Å². The third-order valence-corrected chi connectivity index (χ3v) is 4.02. The summed E-state index contributed by atoms with van der Waals surface area (Å²) in [6, 6.07) is 10.7. The lowest BCUT2D eigenvalue weighted by Gasteiger charge is -2.25. The van der Waals surface area contributed by atoms with E-state index >= 15 is 0 Å². The lowest BCUT2D eigenvalue weighted by atomic mass is 10.1. The van der Waals surface area contributed by atoms with Gasteiger partial charge in [0, 0.05) is 37.0 Å². The lowest BCUT2D eigenvalue weighted by molar-refractivity contribution is -0.384. The Balaban J connectivity index is 2.28. The Kier molecular flexibility index (Phi) is 7.24. The van der Waals surface area contributed by atoms with E-state index in [9.17, 15) is 14.9 Å². The first-order valence-corrected chi connectivity index (χ1v) is 8.97. The summed E-state index contributed by atoms with van der Waals surface area (Å²) in [5, 5.41) is 10.7. The van der Waals surface area contributed by atoms with Crippen molar-refractivity contribution in [2.24, 2.45) is 0 Å². The van der Waals surface area contributed by atoms with Gasteiger partial charge in [-0.15, -0.1) is 23.2 Å². The van der Waals surface area contributed by atoms with E-state index in [0.29, 0.717) is 36.1 Å². The van der Waals surface area contributed by atoms with Gasteiger partial charge in [0.15, 0.2) is 0 Å². The first kappa shape index (κ1) is 20.0. The van der Waals surface area contributed by atoms with Crippen LogP contribution >= 0.6 is 23.2 Å². The van der Waals surface area contributed by atoms with Gasteiger partial charge >= 0.3 is 5.97 Å². The molecule has 0 heterocycles. The second-order valence-electron chi connectivity index (χ2n) is 5.53. The molecule has 0 spiro atoms. The summed E-state index contributed by atoms with van der Waals surface area (Å²) in [7, 11) is 0. The topological polar surface area (TPSA) is 72.7 Å². The second kappa shape index (κ2) is 9.40. The largest absolute Gasteiger partial charge is 0.423 e. The predicted molar refractivity (Wildman–Crippen MR) is 103 cm³/mol. The van der Waals surface area contributed by atoms with Gasteiger partial charge in [0.25, 0.3) is 5.69 Å². The van der Waals surface area contributed by atoms with Gasteiger partial charge in [-0.3, -0.25) is 10.1 Å². The standard InChI is InChI=1S/C18H18Cl2N2O4/c1-13-2-7-16(17(12-13)21(10-8-19)11-9-20)18(23)26-15-5-3-14(4-6-15)22(24)25/h2-7,12H,8-11H2,1H3. The normalized spacial score (nSPS) is 10.4. The Labute approximate surface area is 161 Å². The molecule has 0 N–H and O–H groups in total. The van der Waals surface area contributed by atoms with Gasteiger partial charge in [0.2, 0.25) is 0 Å². The molecule has 0 aliphatic heterocycles. The molecule has 0 aliphatic rings. The van der Waals surface area contributed by atoms with Crippen LogP contribution in [0, 0.1) is 17.0 Å². The van der Waals surface area contributed by atoms with Crippen LogP contribution in [0.3, 0.4) is 0 Å². The van der Waals surface area contributed by atoms with E-state index < -0.39 is 10.9 Å². The molecule has 0 saturated carbocycles. The summed E-state index contributed by atoms with van der Waals surface area (Å²) in [6.07, 6.45) is 0. The van der Waals surface area contributed by atoms with Crippen molar-refractivity contribution in [3.63, 3.8) is 0 Å². The predicted octanol–water partition coefficient (Wildman–Crippen LogP) is 4.41. The van der Waals surface area contributed by atoms with E-state index in [1.165, 1.54) is 24.3 Å². The highest BCUT2D eigenvalue weighted by atomic mass is 35.5. The lowest BCUT2D eigenvalue weighted by Crippen LogP contribution is -2.29. The number of carbonyl (C=O) groups is 1. The Morgan fingerprint density at radius 1 is 1.12 bits per heavy atom. The fraction of sp³-hybridized carbons (Fsp3) is 0.278. The monoisotopic (exact) mass is 396 g/mol. The van der Waals surface area contributed by atoms with Gasteiger partial charge in [-0.05, 0) is 36.8 Å². The fourth-order valence-corrected chi connectivity index (χ4v) is 2.84. The van der Waals surface area contributed by atoms with Crippen molar-refractivity contribution < 1.29 is 14.5 Å². The van der Waals surface area contributed by atoms with Crippen LogP contribution in [0.15, 0.2) is 42.5 Å². The van der Waals surface area contributed by atoms with Crippen molar-refractivity contribution in [1.82, 2.24) is 0 Å². The number of esters is 1. The summed E-state index contributed by atoms with van der Waals surface area (Å²) >= 11 is 11.7. The summed E-state index contributed by atoms with van der Waals surface area (Å²) < 4.78 is 5.37. The molecule has 2 aromatic rings. The highest BCUT2D eigenvalue weighted by Gasteiger charge is 2.19. The van der Waals surface area contributed by atoms with Crippen molar-refractivity contribution in [2.45, 2.75) is 6.92 Å². The molecular weight excluding hydrogens is 379 g/mol. The molecule has 6 nitrogen and oxygen atoms in total. The number of anilines is 1. The smallest absolute Gasteiger partial charge is 0.345 e. The van der Waals surface area contributed by atoms with E-state index in [1.807, 2.05) is 24.0 Å². The minimum Gasteiger partial charge on any atom is -0.423 e. The summed E-state index contributed by atoms with van der Waals surface area (Å²) in [5.74, 6) is 0.458. The minimum atomic E-state index is -0.553. The number of ether oxygens (including phenoxy) is 1. The third kappa shape index (κ3) is 5.09. The first-order chi connectivity index (χ1) is 12.5. The van der Waals surface area contributed by atoms with Gasteiger partial charge < -0.3 is 9.64 Å². The third-order valence-electron chi connectivity index (χ3n) is 3.68. The number of aryl methyl sites for hydroxylation is 1. The molecule has 2 aromatic carbocycles. The number of halogens is 2. The molecule has 0 atom stereocenters. The summed E-state index contributed by atoms with van der Waals surface area (Å²) in [4.78, 5) is 24.7. The van der Waals surface area contributed by atoms with Crippen LogP contribution in [0.25, 0.3) is 0 Å². The molecule has 0 amide bonds. The highest BCUT2D eigenvalue weighted by Crippen LogP contribution is 2.25. The number of hydrogen-bond donors (Lipinski definition) is 0. The van der Waals surface area contributed by atoms with Gasteiger partial charge in [0.1, 0.15) is 5.75 Å². The fourth-order valence-electron chi connectivity index (χ4n) is 2.43. The van der Waals surface area contributed by atoms with Crippen molar-refractivity contribution in [3.05, 3.63) is 63.7 Å². The second-order valence-corrected chi connectivity index (χ2v) is 6.28. The SMILES string of the molecule is Cc1ccc(C(=O)Oc2ccc([N+](=O)[O-])cc2)c(N(CCCl)CCCl)c1. The molecule has 2 rings (SSSR count). The molecular formula is C18H18Cl2N2O4. The molecule has 138 valence electrons. The first-order valence-electron chi connectivity index (χ1n) is 7.90. The van der Waals surface area contributed by atoms with E-state index in [2.05, 4.69) is 0 Å². The maximum Gasteiger partial charge on any atom is 0.345 e. The van der Waals surface area contributed by atoms with Crippen molar-refractivity contribution in [1.29, 1.82) is 0 Å². The number of hydrogen-bond acceptors (Lipinski definition) is 5. The van der Waals surface area contributed by atoms with Gasteiger partial charge in [-0.25, -0.2) is 4.79 Å². The minimum absolute atomic E-state index is 0.0729. The van der Waals surface area contributed by atoms with E-state index in [0.717, 1.165) is 5.56 Å². The van der Waals surface area contributed by atoms with Gasteiger partial charge in [-0.2, -0.15) is 0 Å². The zero-order chi connectivity index (χ0) is 19.1.